The Balaban J connectivity index is 2.21. The zero-order valence-electron chi connectivity index (χ0n) is 16.0. The van der Waals surface area contributed by atoms with Gasteiger partial charge in [0.25, 0.3) is 0 Å². The molecule has 2 aliphatic rings. The number of nitrogens with one attached hydrogen (secondary N) is 1. The molecular weight excluding hydrogens is 322 g/mol. The van der Waals surface area contributed by atoms with Crippen LogP contribution in [0, 0.1) is 11.3 Å². The first-order chi connectivity index (χ1) is 11.0. The van der Waals surface area contributed by atoms with Gasteiger partial charge in [-0.05, 0) is 44.3 Å². The Morgan fingerprint density at radius 2 is 2.04 bits per heavy atom. The molecular formula is C18H33NO4Si. The third-order valence-electron chi connectivity index (χ3n) is 6.17. The van der Waals surface area contributed by atoms with E-state index in [1.807, 2.05) is 6.92 Å². The Bertz CT molecular complexity index is 500. The lowest BCUT2D eigenvalue weighted by Crippen LogP contribution is -2.51. The fraction of sp³-hybridized carbons (Fsp3) is 0.889. The molecule has 1 amide bonds. The van der Waals surface area contributed by atoms with Crippen molar-refractivity contribution < 1.29 is 18.8 Å². The summed E-state index contributed by atoms with van der Waals surface area (Å²) < 4.78 is 11.8. The molecule has 1 heterocycles. The Hall–Kier alpha value is -0.883. The molecule has 0 aromatic carbocycles. The monoisotopic (exact) mass is 355 g/mol. The molecule has 0 aromatic rings. The summed E-state index contributed by atoms with van der Waals surface area (Å²) >= 11 is 0. The molecule has 0 aromatic heterocycles. The minimum atomic E-state index is -1.98. The lowest BCUT2D eigenvalue weighted by Gasteiger charge is -2.44. The van der Waals surface area contributed by atoms with Gasteiger partial charge in [-0.2, -0.15) is 0 Å². The van der Waals surface area contributed by atoms with Gasteiger partial charge in [0.1, 0.15) is 0 Å². The molecule has 138 valence electrons. The van der Waals surface area contributed by atoms with E-state index in [0.29, 0.717) is 19.6 Å². The van der Waals surface area contributed by atoms with Crippen molar-refractivity contribution in [2.75, 3.05) is 13.2 Å². The molecule has 1 N–H and O–H groups in total. The van der Waals surface area contributed by atoms with Crippen molar-refractivity contribution in [3.8, 4) is 0 Å². The molecule has 3 atom stereocenters. The quantitative estimate of drug-likeness (QED) is 0.621. The largest absolute Gasteiger partial charge is 0.466 e. The molecule has 24 heavy (non-hydrogen) atoms. The number of carbonyl (C=O) groups is 2. The van der Waals surface area contributed by atoms with Crippen molar-refractivity contribution >= 4 is 20.2 Å². The van der Waals surface area contributed by atoms with Crippen LogP contribution in [0.25, 0.3) is 0 Å². The van der Waals surface area contributed by atoms with Crippen LogP contribution < -0.4 is 5.32 Å². The summed E-state index contributed by atoms with van der Waals surface area (Å²) in [7, 11) is -1.98. The van der Waals surface area contributed by atoms with E-state index in [0.717, 1.165) is 19.3 Å². The molecule has 1 saturated carbocycles. The normalized spacial score (nSPS) is 31.2. The fourth-order valence-corrected chi connectivity index (χ4v) is 5.03. The summed E-state index contributed by atoms with van der Waals surface area (Å²) in [5.41, 5.74) is -0.564. The van der Waals surface area contributed by atoms with Gasteiger partial charge in [-0.3, -0.25) is 9.59 Å². The van der Waals surface area contributed by atoms with Gasteiger partial charge in [0.05, 0.1) is 24.0 Å². The first-order valence-electron chi connectivity index (χ1n) is 9.16. The number of amides is 1. The standard InChI is InChI=1S/C18H33NO4Si/c1-7-22-15(20)13-9-8-10-18(11-13)14(12-19-16(18)21)23-24(5,6)17(2,3)4/h13-14H,7-12H2,1-6H3,(H,19,21). The molecule has 1 aliphatic heterocycles. The summed E-state index contributed by atoms with van der Waals surface area (Å²) in [4.78, 5) is 24.9. The maximum Gasteiger partial charge on any atom is 0.308 e. The SMILES string of the molecule is CCOC(=O)C1CCCC2(C1)C(=O)NCC2O[Si](C)(C)C(C)(C)C. The third kappa shape index (κ3) is 3.54. The van der Waals surface area contributed by atoms with E-state index in [9.17, 15) is 9.59 Å². The lowest BCUT2D eigenvalue weighted by molar-refractivity contribution is -0.153. The van der Waals surface area contributed by atoms with Gasteiger partial charge in [0.2, 0.25) is 5.91 Å². The smallest absolute Gasteiger partial charge is 0.308 e. The highest BCUT2D eigenvalue weighted by molar-refractivity contribution is 6.74. The fourth-order valence-electron chi connectivity index (χ4n) is 3.66. The first-order valence-corrected chi connectivity index (χ1v) is 12.1. The van der Waals surface area contributed by atoms with Crippen LogP contribution >= 0.6 is 0 Å². The predicted octanol–water partition coefficient (Wildman–Crippen LogP) is 3.25. The highest BCUT2D eigenvalue weighted by atomic mass is 28.4. The Labute approximate surface area is 147 Å². The van der Waals surface area contributed by atoms with E-state index in [1.54, 1.807) is 0 Å². The minimum Gasteiger partial charge on any atom is -0.466 e. The van der Waals surface area contributed by atoms with Crippen LogP contribution in [-0.2, 0) is 18.8 Å². The van der Waals surface area contributed by atoms with E-state index in [-0.39, 0.29) is 28.9 Å². The summed E-state index contributed by atoms with van der Waals surface area (Å²) in [6.07, 6.45) is 2.89. The van der Waals surface area contributed by atoms with Gasteiger partial charge in [-0.15, -0.1) is 0 Å². The van der Waals surface area contributed by atoms with Crippen LogP contribution in [0.2, 0.25) is 18.1 Å². The average Bonchev–Trinajstić information content (AvgIpc) is 2.75. The molecule has 3 unspecified atom stereocenters. The van der Waals surface area contributed by atoms with Crippen LogP contribution in [0.1, 0.15) is 53.4 Å². The highest BCUT2D eigenvalue weighted by Gasteiger charge is 2.56. The summed E-state index contributed by atoms with van der Waals surface area (Å²) in [5, 5.41) is 3.09. The van der Waals surface area contributed by atoms with Gasteiger partial charge < -0.3 is 14.5 Å². The van der Waals surface area contributed by atoms with E-state index < -0.39 is 13.7 Å². The summed E-state index contributed by atoms with van der Waals surface area (Å²) in [5.74, 6) is -0.296. The van der Waals surface area contributed by atoms with Crippen molar-refractivity contribution in [2.45, 2.75) is 77.6 Å². The van der Waals surface area contributed by atoms with Crippen LogP contribution in [0.4, 0.5) is 0 Å². The second-order valence-corrected chi connectivity index (χ2v) is 13.5. The van der Waals surface area contributed by atoms with E-state index >= 15 is 0 Å². The predicted molar refractivity (Wildman–Crippen MR) is 96.1 cm³/mol. The van der Waals surface area contributed by atoms with Crippen LogP contribution in [0.15, 0.2) is 0 Å². The molecule has 1 aliphatic carbocycles. The molecule has 0 bridgehead atoms. The second kappa shape index (κ2) is 6.79. The van der Waals surface area contributed by atoms with Gasteiger partial charge in [0, 0.05) is 6.54 Å². The van der Waals surface area contributed by atoms with Crippen molar-refractivity contribution in [2.24, 2.45) is 11.3 Å². The Kier molecular flexibility index (Phi) is 5.50. The Morgan fingerprint density at radius 1 is 1.38 bits per heavy atom. The minimum absolute atomic E-state index is 0.0557. The van der Waals surface area contributed by atoms with Crippen LogP contribution in [0.3, 0.4) is 0 Å². The number of hydrogen-bond donors (Lipinski definition) is 1. The molecule has 1 saturated heterocycles. The topological polar surface area (TPSA) is 64.6 Å². The van der Waals surface area contributed by atoms with Crippen molar-refractivity contribution in [1.29, 1.82) is 0 Å². The van der Waals surface area contributed by atoms with E-state index in [1.165, 1.54) is 0 Å². The number of ether oxygens (including phenoxy) is 1. The summed E-state index contributed by atoms with van der Waals surface area (Å²) in [6, 6.07) is 0. The maximum absolute atomic E-state index is 12.7. The molecule has 5 nitrogen and oxygen atoms in total. The van der Waals surface area contributed by atoms with Gasteiger partial charge in [-0.1, -0.05) is 27.2 Å². The molecule has 2 rings (SSSR count). The van der Waals surface area contributed by atoms with Crippen molar-refractivity contribution in [3.05, 3.63) is 0 Å². The molecule has 2 fully saturated rings. The highest BCUT2D eigenvalue weighted by Crippen LogP contribution is 2.48. The number of rotatable bonds is 4. The Morgan fingerprint density at radius 3 is 2.62 bits per heavy atom. The average molecular weight is 356 g/mol. The first kappa shape index (κ1) is 19.4. The van der Waals surface area contributed by atoms with Gasteiger partial charge >= 0.3 is 5.97 Å². The van der Waals surface area contributed by atoms with Gasteiger partial charge in [0.15, 0.2) is 8.32 Å². The van der Waals surface area contributed by atoms with Gasteiger partial charge in [-0.25, -0.2) is 0 Å². The second-order valence-electron chi connectivity index (χ2n) is 8.78. The molecule has 6 heteroatoms. The van der Waals surface area contributed by atoms with Crippen LogP contribution in [-0.4, -0.2) is 39.4 Å². The lowest BCUT2D eigenvalue weighted by atomic mass is 9.67. The maximum atomic E-state index is 12.7. The number of esters is 1. The third-order valence-corrected chi connectivity index (χ3v) is 10.7. The number of carbonyl (C=O) groups excluding carboxylic acids is 2. The van der Waals surface area contributed by atoms with Crippen LogP contribution in [0.5, 0.6) is 0 Å². The van der Waals surface area contributed by atoms with E-state index in [2.05, 4.69) is 39.2 Å². The summed E-state index contributed by atoms with van der Waals surface area (Å²) in [6.45, 7) is 13.8. The zero-order chi connectivity index (χ0) is 18.2. The molecule has 1 spiro atoms. The van der Waals surface area contributed by atoms with Crippen molar-refractivity contribution in [1.82, 2.24) is 5.32 Å². The molecule has 0 radical (unpaired) electrons. The zero-order valence-corrected chi connectivity index (χ0v) is 17.0. The number of hydrogen-bond acceptors (Lipinski definition) is 4. The van der Waals surface area contributed by atoms with Crippen molar-refractivity contribution in [3.63, 3.8) is 0 Å². The van der Waals surface area contributed by atoms with E-state index in [4.69, 9.17) is 9.16 Å².